The van der Waals surface area contributed by atoms with E-state index < -0.39 is 0 Å². The molecule has 16 heavy (non-hydrogen) atoms. The first-order valence-corrected chi connectivity index (χ1v) is 5.63. The SMILES string of the molecule is CC1(C)CN(C(C)(C)C)C(CC#N)C(=O)N1. The summed E-state index contributed by atoms with van der Waals surface area (Å²) < 4.78 is 0. The van der Waals surface area contributed by atoms with E-state index in [-0.39, 0.29) is 29.4 Å². The molecule has 0 saturated carbocycles. The van der Waals surface area contributed by atoms with Crippen molar-refractivity contribution in [3.63, 3.8) is 0 Å². The van der Waals surface area contributed by atoms with Crippen molar-refractivity contribution in [2.24, 2.45) is 0 Å². The molecule has 0 aromatic heterocycles. The van der Waals surface area contributed by atoms with Gasteiger partial charge in [0.2, 0.25) is 5.91 Å². The van der Waals surface area contributed by atoms with Gasteiger partial charge in [-0.1, -0.05) is 0 Å². The highest BCUT2D eigenvalue weighted by Gasteiger charge is 2.42. The summed E-state index contributed by atoms with van der Waals surface area (Å²) in [6.07, 6.45) is 0.249. The zero-order valence-electron chi connectivity index (χ0n) is 10.8. The molecule has 1 heterocycles. The number of rotatable bonds is 1. The summed E-state index contributed by atoms with van der Waals surface area (Å²) in [7, 11) is 0. The van der Waals surface area contributed by atoms with Crippen LogP contribution in [0, 0.1) is 11.3 Å². The number of nitrogens with zero attached hydrogens (tertiary/aromatic N) is 2. The van der Waals surface area contributed by atoms with Crippen LogP contribution in [-0.4, -0.2) is 34.5 Å². The first-order chi connectivity index (χ1) is 7.17. The summed E-state index contributed by atoms with van der Waals surface area (Å²) in [5.41, 5.74) is -0.327. The summed E-state index contributed by atoms with van der Waals surface area (Å²) in [6, 6.07) is 1.77. The fourth-order valence-electron chi connectivity index (χ4n) is 2.13. The average molecular weight is 223 g/mol. The van der Waals surface area contributed by atoms with Crippen molar-refractivity contribution < 1.29 is 4.79 Å². The molecule has 4 nitrogen and oxygen atoms in total. The molecule has 0 aromatic carbocycles. The first kappa shape index (κ1) is 13.0. The highest BCUT2D eigenvalue weighted by Crippen LogP contribution is 2.26. The van der Waals surface area contributed by atoms with Crippen molar-refractivity contribution in [1.29, 1.82) is 5.26 Å². The Hall–Kier alpha value is -1.08. The Labute approximate surface area is 97.6 Å². The number of amides is 1. The molecule has 4 heteroatoms. The van der Waals surface area contributed by atoms with Crippen LogP contribution in [0.15, 0.2) is 0 Å². The minimum atomic E-state index is -0.321. The van der Waals surface area contributed by atoms with E-state index in [0.717, 1.165) is 6.54 Å². The van der Waals surface area contributed by atoms with E-state index in [0.29, 0.717) is 0 Å². The van der Waals surface area contributed by atoms with Gasteiger partial charge in [-0.25, -0.2) is 0 Å². The van der Waals surface area contributed by atoms with E-state index >= 15 is 0 Å². The molecule has 1 aliphatic heterocycles. The van der Waals surface area contributed by atoms with Crippen LogP contribution in [0.5, 0.6) is 0 Å². The Balaban J connectivity index is 2.98. The maximum absolute atomic E-state index is 12.0. The van der Waals surface area contributed by atoms with Gasteiger partial charge in [-0.3, -0.25) is 9.69 Å². The maximum atomic E-state index is 12.0. The fourth-order valence-corrected chi connectivity index (χ4v) is 2.13. The zero-order valence-corrected chi connectivity index (χ0v) is 10.8. The van der Waals surface area contributed by atoms with Crippen LogP contribution in [0.1, 0.15) is 41.0 Å². The third-order valence-corrected chi connectivity index (χ3v) is 2.85. The van der Waals surface area contributed by atoms with Gasteiger partial charge in [0.05, 0.1) is 12.5 Å². The third kappa shape index (κ3) is 2.73. The lowest BCUT2D eigenvalue weighted by Crippen LogP contribution is -2.68. The minimum Gasteiger partial charge on any atom is -0.349 e. The van der Waals surface area contributed by atoms with Crippen molar-refractivity contribution in [3.8, 4) is 6.07 Å². The van der Waals surface area contributed by atoms with Crippen molar-refractivity contribution in [2.75, 3.05) is 6.54 Å². The molecule has 1 fully saturated rings. The molecule has 0 bridgehead atoms. The van der Waals surface area contributed by atoms with E-state index in [1.165, 1.54) is 0 Å². The van der Waals surface area contributed by atoms with Crippen LogP contribution in [0.3, 0.4) is 0 Å². The molecule has 0 spiro atoms. The second-order valence-corrected chi connectivity index (χ2v) is 6.05. The molecule has 1 rings (SSSR count). The van der Waals surface area contributed by atoms with E-state index in [1.54, 1.807) is 0 Å². The van der Waals surface area contributed by atoms with Gasteiger partial charge in [-0.15, -0.1) is 0 Å². The summed E-state index contributed by atoms with van der Waals surface area (Å²) in [4.78, 5) is 14.1. The molecule has 1 N–H and O–H groups in total. The predicted molar refractivity (Wildman–Crippen MR) is 62.7 cm³/mol. The second kappa shape index (κ2) is 4.06. The van der Waals surface area contributed by atoms with Gasteiger partial charge in [-0.2, -0.15) is 5.26 Å². The monoisotopic (exact) mass is 223 g/mol. The number of nitrogens with one attached hydrogen (secondary N) is 1. The third-order valence-electron chi connectivity index (χ3n) is 2.85. The molecule has 1 amide bonds. The number of carbonyl (C=O) groups excluding carboxylic acids is 1. The molecular formula is C12H21N3O. The highest BCUT2D eigenvalue weighted by molar-refractivity contribution is 5.83. The van der Waals surface area contributed by atoms with Crippen LogP contribution >= 0.6 is 0 Å². The first-order valence-electron chi connectivity index (χ1n) is 5.63. The van der Waals surface area contributed by atoms with Gasteiger partial charge in [0, 0.05) is 17.6 Å². The normalized spacial score (nSPS) is 26.0. The molecule has 1 aliphatic rings. The van der Waals surface area contributed by atoms with Crippen molar-refractivity contribution in [3.05, 3.63) is 0 Å². The van der Waals surface area contributed by atoms with Gasteiger partial charge in [0.25, 0.3) is 0 Å². The van der Waals surface area contributed by atoms with Crippen LogP contribution in [0.2, 0.25) is 0 Å². The predicted octanol–water partition coefficient (Wildman–Crippen LogP) is 1.28. The van der Waals surface area contributed by atoms with E-state index in [4.69, 9.17) is 5.26 Å². The van der Waals surface area contributed by atoms with Gasteiger partial charge in [0.15, 0.2) is 0 Å². The standard InChI is InChI=1S/C12H21N3O/c1-11(2,3)15-8-12(4,5)14-10(16)9(15)6-7-13/h9H,6,8H2,1-5H3,(H,14,16). The summed E-state index contributed by atoms with van der Waals surface area (Å²) in [6.45, 7) is 11.0. The Kier molecular flexibility index (Phi) is 3.30. The van der Waals surface area contributed by atoms with Crippen LogP contribution in [0.25, 0.3) is 0 Å². The van der Waals surface area contributed by atoms with Crippen LogP contribution in [0.4, 0.5) is 0 Å². The number of hydrogen-bond donors (Lipinski definition) is 1. The lowest BCUT2D eigenvalue weighted by molar-refractivity contribution is -0.136. The Bertz CT molecular complexity index is 322. The van der Waals surface area contributed by atoms with Gasteiger partial charge < -0.3 is 5.32 Å². The summed E-state index contributed by atoms with van der Waals surface area (Å²) in [5, 5.41) is 11.8. The summed E-state index contributed by atoms with van der Waals surface area (Å²) >= 11 is 0. The lowest BCUT2D eigenvalue weighted by Gasteiger charge is -2.49. The van der Waals surface area contributed by atoms with Crippen LogP contribution < -0.4 is 5.32 Å². The zero-order chi connectivity index (χ0) is 12.6. The number of piperazine rings is 1. The topological polar surface area (TPSA) is 56.1 Å². The van der Waals surface area contributed by atoms with Gasteiger partial charge in [0.1, 0.15) is 6.04 Å². The minimum absolute atomic E-state index is 0.0345. The van der Waals surface area contributed by atoms with Crippen molar-refractivity contribution >= 4 is 5.91 Å². The van der Waals surface area contributed by atoms with Crippen LogP contribution in [-0.2, 0) is 4.79 Å². The number of nitriles is 1. The number of carbonyl (C=O) groups is 1. The van der Waals surface area contributed by atoms with E-state index in [1.807, 2.05) is 13.8 Å². The quantitative estimate of drug-likeness (QED) is 0.728. The maximum Gasteiger partial charge on any atom is 0.238 e. The Morgan fingerprint density at radius 3 is 2.56 bits per heavy atom. The molecule has 1 saturated heterocycles. The molecule has 0 radical (unpaired) electrons. The van der Waals surface area contributed by atoms with Crippen molar-refractivity contribution in [1.82, 2.24) is 10.2 Å². The molecule has 0 aromatic rings. The lowest BCUT2D eigenvalue weighted by atomic mass is 9.91. The smallest absolute Gasteiger partial charge is 0.238 e. The molecule has 90 valence electrons. The average Bonchev–Trinajstić information content (AvgIpc) is 2.06. The van der Waals surface area contributed by atoms with E-state index in [9.17, 15) is 4.79 Å². The molecule has 1 atom stereocenters. The van der Waals surface area contributed by atoms with Crippen molar-refractivity contribution in [2.45, 2.75) is 58.2 Å². The molecular weight excluding hydrogens is 202 g/mol. The summed E-state index contributed by atoms with van der Waals surface area (Å²) in [5.74, 6) is -0.0345. The Morgan fingerprint density at radius 2 is 2.12 bits per heavy atom. The Morgan fingerprint density at radius 1 is 1.56 bits per heavy atom. The van der Waals surface area contributed by atoms with Gasteiger partial charge >= 0.3 is 0 Å². The molecule has 1 unspecified atom stereocenters. The number of hydrogen-bond acceptors (Lipinski definition) is 3. The fraction of sp³-hybridized carbons (Fsp3) is 0.833. The highest BCUT2D eigenvalue weighted by atomic mass is 16.2. The molecule has 0 aliphatic carbocycles. The second-order valence-electron chi connectivity index (χ2n) is 6.05. The van der Waals surface area contributed by atoms with Gasteiger partial charge in [-0.05, 0) is 34.6 Å². The largest absolute Gasteiger partial charge is 0.349 e. The van der Waals surface area contributed by atoms with E-state index in [2.05, 4.69) is 37.1 Å².